The molecular formula is C18H12FNS. The number of rotatable bonds is 2. The predicted octanol–water partition coefficient (Wildman–Crippen LogP) is 5.94. The van der Waals surface area contributed by atoms with Gasteiger partial charge in [-0.05, 0) is 36.4 Å². The highest BCUT2D eigenvalue weighted by atomic mass is 32.1. The second-order valence-corrected chi connectivity index (χ2v) is 6.00. The summed E-state index contributed by atoms with van der Waals surface area (Å²) < 4.78 is 16.2. The van der Waals surface area contributed by atoms with E-state index < -0.39 is 0 Å². The Balaban J connectivity index is 1.83. The van der Waals surface area contributed by atoms with Gasteiger partial charge in [-0.25, -0.2) is 4.39 Å². The molecule has 0 radical (unpaired) electrons. The third-order valence-corrected chi connectivity index (χ3v) is 4.68. The van der Waals surface area contributed by atoms with E-state index in [1.165, 1.54) is 26.2 Å². The molecule has 0 aliphatic rings. The van der Waals surface area contributed by atoms with E-state index in [9.17, 15) is 4.39 Å². The van der Waals surface area contributed by atoms with Gasteiger partial charge in [0.25, 0.3) is 0 Å². The van der Waals surface area contributed by atoms with Crippen LogP contribution in [0.5, 0.6) is 0 Å². The summed E-state index contributed by atoms with van der Waals surface area (Å²) in [5, 5.41) is 5.60. The highest BCUT2D eigenvalue weighted by Gasteiger charge is 2.06. The third-order valence-electron chi connectivity index (χ3n) is 3.53. The molecule has 0 atom stereocenters. The maximum atomic E-state index is 13.7. The van der Waals surface area contributed by atoms with Gasteiger partial charge in [0, 0.05) is 25.9 Å². The molecule has 0 aliphatic heterocycles. The zero-order valence-corrected chi connectivity index (χ0v) is 12.0. The quantitative estimate of drug-likeness (QED) is 0.482. The molecular weight excluding hydrogens is 281 g/mol. The molecule has 21 heavy (non-hydrogen) atoms. The minimum Gasteiger partial charge on any atom is -0.353 e. The minimum absolute atomic E-state index is 0.243. The molecule has 0 unspecified atom stereocenters. The van der Waals surface area contributed by atoms with Gasteiger partial charge in [0.15, 0.2) is 0 Å². The topological polar surface area (TPSA) is 12.0 Å². The van der Waals surface area contributed by atoms with Crippen molar-refractivity contribution < 1.29 is 4.39 Å². The largest absolute Gasteiger partial charge is 0.353 e. The van der Waals surface area contributed by atoms with Crippen molar-refractivity contribution in [2.24, 2.45) is 0 Å². The number of hydrogen-bond donors (Lipinski definition) is 1. The lowest BCUT2D eigenvalue weighted by atomic mass is 10.1. The molecule has 4 aromatic rings. The first kappa shape index (κ1) is 12.4. The first-order valence-corrected chi connectivity index (χ1v) is 7.56. The summed E-state index contributed by atoms with van der Waals surface area (Å²) >= 11 is 1.78. The molecule has 3 heteroatoms. The van der Waals surface area contributed by atoms with Crippen molar-refractivity contribution in [2.75, 3.05) is 5.32 Å². The first-order chi connectivity index (χ1) is 10.3. The van der Waals surface area contributed by atoms with Crippen LogP contribution in [0.3, 0.4) is 0 Å². The van der Waals surface area contributed by atoms with Crippen molar-refractivity contribution in [1.82, 2.24) is 0 Å². The molecule has 4 rings (SSSR count). The Morgan fingerprint density at radius 3 is 2.43 bits per heavy atom. The lowest BCUT2D eigenvalue weighted by Crippen LogP contribution is -1.92. The van der Waals surface area contributed by atoms with E-state index in [4.69, 9.17) is 0 Å². The van der Waals surface area contributed by atoms with Crippen molar-refractivity contribution in [3.8, 4) is 0 Å². The van der Waals surface area contributed by atoms with Crippen LogP contribution in [0.2, 0.25) is 0 Å². The summed E-state index contributed by atoms with van der Waals surface area (Å²) in [6.07, 6.45) is 0. The van der Waals surface area contributed by atoms with E-state index in [0.717, 1.165) is 5.69 Å². The van der Waals surface area contributed by atoms with Crippen LogP contribution in [0.15, 0.2) is 66.7 Å². The zero-order chi connectivity index (χ0) is 14.2. The van der Waals surface area contributed by atoms with Crippen molar-refractivity contribution >= 4 is 42.9 Å². The smallest absolute Gasteiger partial charge is 0.146 e. The first-order valence-electron chi connectivity index (χ1n) is 6.74. The average molecular weight is 293 g/mol. The summed E-state index contributed by atoms with van der Waals surface area (Å²) in [5.41, 5.74) is 1.40. The number of para-hydroxylation sites is 1. The monoisotopic (exact) mass is 293 g/mol. The van der Waals surface area contributed by atoms with Crippen LogP contribution < -0.4 is 5.32 Å². The Hall–Kier alpha value is -2.39. The fraction of sp³-hybridized carbons (Fsp3) is 0. The normalized spacial score (nSPS) is 11.1. The van der Waals surface area contributed by atoms with Crippen LogP contribution in [0.1, 0.15) is 0 Å². The fourth-order valence-electron chi connectivity index (χ4n) is 2.52. The Bertz CT molecular complexity index is 942. The number of benzene rings is 3. The van der Waals surface area contributed by atoms with Gasteiger partial charge >= 0.3 is 0 Å². The Labute approximate surface area is 125 Å². The van der Waals surface area contributed by atoms with Crippen LogP contribution in [0, 0.1) is 5.82 Å². The van der Waals surface area contributed by atoms with E-state index in [-0.39, 0.29) is 5.82 Å². The van der Waals surface area contributed by atoms with Gasteiger partial charge in [-0.15, -0.1) is 11.3 Å². The highest BCUT2D eigenvalue weighted by molar-refractivity contribution is 7.25. The Kier molecular flexibility index (Phi) is 2.86. The van der Waals surface area contributed by atoms with Gasteiger partial charge in [0.05, 0.1) is 5.69 Å². The SMILES string of the molecule is Fc1ccccc1Nc1ccc2sc3ccccc3c2c1. The standard InChI is InChI=1S/C18H12FNS/c19-15-6-2-3-7-16(15)20-12-9-10-18-14(11-12)13-5-1-4-8-17(13)21-18/h1-11,20H. The second-order valence-electron chi connectivity index (χ2n) is 4.91. The molecule has 1 N–H and O–H groups in total. The summed E-state index contributed by atoms with van der Waals surface area (Å²) in [4.78, 5) is 0. The fourth-order valence-corrected chi connectivity index (χ4v) is 3.61. The Morgan fingerprint density at radius 1 is 0.762 bits per heavy atom. The van der Waals surface area contributed by atoms with Crippen molar-refractivity contribution in [3.63, 3.8) is 0 Å². The number of anilines is 2. The van der Waals surface area contributed by atoms with Crippen LogP contribution in [0.4, 0.5) is 15.8 Å². The Morgan fingerprint density at radius 2 is 1.52 bits per heavy atom. The van der Waals surface area contributed by atoms with Crippen LogP contribution in [-0.4, -0.2) is 0 Å². The molecule has 0 spiro atoms. The average Bonchev–Trinajstić information content (AvgIpc) is 2.88. The van der Waals surface area contributed by atoms with Gasteiger partial charge in [0.2, 0.25) is 0 Å². The van der Waals surface area contributed by atoms with E-state index in [1.54, 1.807) is 23.5 Å². The molecule has 0 saturated heterocycles. The van der Waals surface area contributed by atoms with E-state index in [2.05, 4.69) is 35.6 Å². The number of hydrogen-bond acceptors (Lipinski definition) is 2. The maximum Gasteiger partial charge on any atom is 0.146 e. The number of halogens is 1. The predicted molar refractivity (Wildman–Crippen MR) is 89.0 cm³/mol. The molecule has 3 aromatic carbocycles. The van der Waals surface area contributed by atoms with Gasteiger partial charge in [-0.3, -0.25) is 0 Å². The van der Waals surface area contributed by atoms with Gasteiger partial charge in [-0.2, -0.15) is 0 Å². The van der Waals surface area contributed by atoms with E-state index in [1.807, 2.05) is 18.2 Å². The molecule has 1 nitrogen and oxygen atoms in total. The maximum absolute atomic E-state index is 13.7. The summed E-state index contributed by atoms with van der Waals surface area (Å²) in [6.45, 7) is 0. The summed E-state index contributed by atoms with van der Waals surface area (Å²) in [6, 6.07) is 21.2. The number of nitrogens with one attached hydrogen (secondary N) is 1. The molecule has 1 heterocycles. The molecule has 0 aliphatic carbocycles. The summed E-state index contributed by atoms with van der Waals surface area (Å²) in [7, 11) is 0. The van der Waals surface area contributed by atoms with Crippen LogP contribution in [0.25, 0.3) is 20.2 Å². The molecule has 0 fully saturated rings. The molecule has 1 aromatic heterocycles. The number of fused-ring (bicyclic) bond motifs is 3. The van der Waals surface area contributed by atoms with Crippen LogP contribution in [-0.2, 0) is 0 Å². The molecule has 102 valence electrons. The van der Waals surface area contributed by atoms with Gasteiger partial charge in [0.1, 0.15) is 5.82 Å². The number of thiophene rings is 1. The van der Waals surface area contributed by atoms with Crippen molar-refractivity contribution in [2.45, 2.75) is 0 Å². The zero-order valence-electron chi connectivity index (χ0n) is 11.1. The minimum atomic E-state index is -0.243. The second kappa shape index (κ2) is 4.86. The highest BCUT2D eigenvalue weighted by Crippen LogP contribution is 2.35. The third kappa shape index (κ3) is 2.16. The van der Waals surface area contributed by atoms with Gasteiger partial charge in [-0.1, -0.05) is 30.3 Å². The molecule has 0 saturated carbocycles. The van der Waals surface area contributed by atoms with E-state index >= 15 is 0 Å². The molecule has 0 amide bonds. The van der Waals surface area contributed by atoms with Crippen molar-refractivity contribution in [1.29, 1.82) is 0 Å². The van der Waals surface area contributed by atoms with Crippen LogP contribution >= 0.6 is 11.3 Å². The lowest BCUT2D eigenvalue weighted by molar-refractivity contribution is 0.632. The van der Waals surface area contributed by atoms with Gasteiger partial charge < -0.3 is 5.32 Å². The van der Waals surface area contributed by atoms with E-state index in [0.29, 0.717) is 5.69 Å². The summed E-state index contributed by atoms with van der Waals surface area (Å²) in [5.74, 6) is -0.243. The lowest BCUT2D eigenvalue weighted by Gasteiger charge is -2.07. The molecule has 0 bridgehead atoms. The van der Waals surface area contributed by atoms with Crippen molar-refractivity contribution in [3.05, 3.63) is 72.5 Å².